The molecule has 10 nitrogen and oxygen atoms in total. The number of aliphatic hydroxyl groups excluding tert-OH is 1. The molecule has 4 rings (SSSR count). The number of allylic oxidation sites excluding steroid dienone is 1. The average molecular weight is 689 g/mol. The first-order chi connectivity index (χ1) is 21.4. The molecule has 0 saturated carbocycles. The normalized spacial score (nSPS) is 28.0. The molecule has 3 amide bonds. The van der Waals surface area contributed by atoms with Crippen LogP contribution >= 0.6 is 15.9 Å². The Morgan fingerprint density at radius 3 is 2.49 bits per heavy atom. The van der Waals surface area contributed by atoms with Gasteiger partial charge >= 0.3 is 5.97 Å². The fourth-order valence-corrected chi connectivity index (χ4v) is 8.08. The van der Waals surface area contributed by atoms with Crippen LogP contribution in [0.25, 0.3) is 0 Å². The van der Waals surface area contributed by atoms with E-state index >= 15 is 0 Å². The first-order valence-corrected chi connectivity index (χ1v) is 16.6. The Morgan fingerprint density at radius 1 is 1.20 bits per heavy atom. The van der Waals surface area contributed by atoms with E-state index in [0.29, 0.717) is 18.4 Å². The van der Waals surface area contributed by atoms with Crippen molar-refractivity contribution in [1.29, 1.82) is 0 Å². The van der Waals surface area contributed by atoms with E-state index in [1.165, 1.54) is 4.90 Å². The molecule has 1 unspecified atom stereocenters. The van der Waals surface area contributed by atoms with Gasteiger partial charge in [-0.1, -0.05) is 58.4 Å². The first-order valence-electron chi connectivity index (χ1n) is 15.7. The molecule has 3 aliphatic heterocycles. The monoisotopic (exact) mass is 687 g/mol. The number of carbonyl (C=O) groups excluding carboxylic acids is 4. The molecule has 3 aliphatic rings. The number of halogens is 1. The third-order valence-electron chi connectivity index (χ3n) is 9.46. The molecule has 1 N–H and O–H groups in total. The second kappa shape index (κ2) is 14.6. The Morgan fingerprint density at radius 2 is 1.89 bits per heavy atom. The van der Waals surface area contributed by atoms with E-state index in [1.807, 2.05) is 51.1 Å². The number of alkyl halides is 1. The van der Waals surface area contributed by atoms with Crippen LogP contribution in [0.2, 0.25) is 0 Å². The van der Waals surface area contributed by atoms with E-state index in [-0.39, 0.29) is 61.1 Å². The van der Waals surface area contributed by atoms with Gasteiger partial charge in [0.05, 0.1) is 24.0 Å². The van der Waals surface area contributed by atoms with Crippen LogP contribution < -0.4 is 0 Å². The third kappa shape index (κ3) is 6.49. The molecule has 3 fully saturated rings. The third-order valence-corrected chi connectivity index (χ3v) is 10.3. The number of carbonyl (C=O) groups is 4. The zero-order chi connectivity index (χ0) is 33.1. The molecule has 45 heavy (non-hydrogen) atoms. The van der Waals surface area contributed by atoms with Gasteiger partial charge in [-0.05, 0) is 45.6 Å². The van der Waals surface area contributed by atoms with Crippen molar-refractivity contribution in [2.24, 2.45) is 11.8 Å². The van der Waals surface area contributed by atoms with E-state index in [0.717, 1.165) is 0 Å². The number of hydrogen-bond acceptors (Lipinski definition) is 7. The van der Waals surface area contributed by atoms with Gasteiger partial charge in [0, 0.05) is 44.0 Å². The van der Waals surface area contributed by atoms with E-state index < -0.39 is 47.7 Å². The number of hydrogen-bond donors (Lipinski definition) is 1. The van der Waals surface area contributed by atoms with Crippen LogP contribution in [0.1, 0.15) is 58.1 Å². The highest BCUT2D eigenvalue weighted by Crippen LogP contribution is 2.60. The molecule has 0 radical (unpaired) electrons. The Bertz CT molecular complexity index is 1280. The molecule has 0 aromatic heterocycles. The summed E-state index contributed by atoms with van der Waals surface area (Å²) in [7, 11) is 1.68. The highest BCUT2D eigenvalue weighted by molar-refractivity contribution is 9.09. The average Bonchev–Trinajstić information content (AvgIpc) is 3.62. The number of likely N-dealkylation sites (N-methyl/N-ethyl adjacent to an activating group) is 1. The molecule has 1 spiro atoms. The van der Waals surface area contributed by atoms with Crippen LogP contribution in [-0.2, 0) is 28.7 Å². The summed E-state index contributed by atoms with van der Waals surface area (Å²) in [5.74, 6) is -3.26. The highest BCUT2D eigenvalue weighted by atomic mass is 79.9. The number of nitrogens with zero attached hydrogens (tertiary/aromatic N) is 3. The van der Waals surface area contributed by atoms with Gasteiger partial charge in [-0.2, -0.15) is 0 Å². The first kappa shape index (κ1) is 34.8. The molecule has 11 heteroatoms. The zero-order valence-electron chi connectivity index (χ0n) is 26.6. The minimum absolute atomic E-state index is 0.108. The molecule has 1 aromatic rings. The second-order valence-corrected chi connectivity index (χ2v) is 13.7. The summed E-state index contributed by atoms with van der Waals surface area (Å²) in [6.07, 6.45) is 3.27. The predicted molar refractivity (Wildman–Crippen MR) is 173 cm³/mol. The van der Waals surface area contributed by atoms with Crippen molar-refractivity contribution in [1.82, 2.24) is 14.7 Å². The zero-order valence-corrected chi connectivity index (χ0v) is 28.2. The number of aliphatic hydroxyl groups is 1. The number of rotatable bonds is 15. The minimum Gasteiger partial charge on any atom is -0.455 e. The van der Waals surface area contributed by atoms with Crippen LogP contribution in [-0.4, -0.2) is 105 Å². The molecule has 3 heterocycles. The van der Waals surface area contributed by atoms with E-state index in [4.69, 9.17) is 9.47 Å². The van der Waals surface area contributed by atoms with E-state index in [9.17, 15) is 24.3 Å². The maximum Gasteiger partial charge on any atom is 0.313 e. The van der Waals surface area contributed by atoms with Crippen LogP contribution in [0, 0.1) is 11.8 Å². The van der Waals surface area contributed by atoms with Gasteiger partial charge in [-0.3, -0.25) is 19.2 Å². The van der Waals surface area contributed by atoms with Crippen molar-refractivity contribution in [2.45, 2.75) is 87.2 Å². The van der Waals surface area contributed by atoms with Crippen molar-refractivity contribution in [3.63, 3.8) is 0 Å². The fraction of sp³-hybridized carbons (Fsp3) is 0.588. The quantitative estimate of drug-likeness (QED) is 0.170. The molecule has 3 saturated heterocycles. The Hall–Kier alpha value is -3.02. The van der Waals surface area contributed by atoms with Crippen LogP contribution in [0.5, 0.6) is 0 Å². The highest BCUT2D eigenvalue weighted by Gasteiger charge is 2.77. The van der Waals surface area contributed by atoms with Crippen LogP contribution in [0.15, 0.2) is 55.6 Å². The predicted octanol–water partition coefficient (Wildman–Crippen LogP) is 3.64. The topological polar surface area (TPSA) is 117 Å². The summed E-state index contributed by atoms with van der Waals surface area (Å²) in [4.78, 5) is 60.1. The lowest BCUT2D eigenvalue weighted by atomic mass is 9.70. The number of fused-ring (bicyclic) bond motifs is 1. The second-order valence-electron chi connectivity index (χ2n) is 12.5. The molecule has 0 aliphatic carbocycles. The van der Waals surface area contributed by atoms with Gasteiger partial charge in [-0.25, -0.2) is 0 Å². The number of ether oxygens (including phenoxy) is 2. The molecular weight excluding hydrogens is 642 g/mol. The van der Waals surface area contributed by atoms with Crippen molar-refractivity contribution < 1.29 is 33.8 Å². The molecule has 2 bridgehead atoms. The number of likely N-dealkylation sites (tertiary alicyclic amines) is 1. The van der Waals surface area contributed by atoms with Gasteiger partial charge in [0.2, 0.25) is 17.7 Å². The smallest absolute Gasteiger partial charge is 0.313 e. The Kier molecular flexibility index (Phi) is 11.3. The summed E-state index contributed by atoms with van der Waals surface area (Å²) >= 11 is 3.70. The van der Waals surface area contributed by atoms with Crippen LogP contribution in [0.4, 0.5) is 0 Å². The summed E-state index contributed by atoms with van der Waals surface area (Å²) in [5, 5.41) is 9.63. The number of benzene rings is 1. The maximum atomic E-state index is 14.3. The van der Waals surface area contributed by atoms with Crippen molar-refractivity contribution in [3.8, 4) is 0 Å². The van der Waals surface area contributed by atoms with Gasteiger partial charge in [0.25, 0.3) is 0 Å². The number of amides is 3. The van der Waals surface area contributed by atoms with Gasteiger partial charge in [-0.15, -0.1) is 13.2 Å². The van der Waals surface area contributed by atoms with Crippen molar-refractivity contribution >= 4 is 39.6 Å². The van der Waals surface area contributed by atoms with Gasteiger partial charge in [0.15, 0.2) is 0 Å². The molecule has 1 aromatic carbocycles. The molecule has 246 valence electrons. The van der Waals surface area contributed by atoms with Gasteiger partial charge < -0.3 is 29.3 Å². The minimum atomic E-state index is -1.24. The molecule has 8 atom stereocenters. The Balaban J connectivity index is 1.70. The van der Waals surface area contributed by atoms with Crippen molar-refractivity contribution in [3.05, 3.63) is 61.2 Å². The lowest BCUT2D eigenvalue weighted by molar-refractivity contribution is -0.164. The lowest BCUT2D eigenvalue weighted by Crippen LogP contribution is -2.58. The summed E-state index contributed by atoms with van der Waals surface area (Å²) in [6, 6.07) is 7.57. The van der Waals surface area contributed by atoms with Crippen LogP contribution in [0.3, 0.4) is 0 Å². The van der Waals surface area contributed by atoms with E-state index in [1.54, 1.807) is 29.0 Å². The largest absolute Gasteiger partial charge is 0.455 e. The van der Waals surface area contributed by atoms with E-state index in [2.05, 4.69) is 29.1 Å². The van der Waals surface area contributed by atoms with Gasteiger partial charge in [0.1, 0.15) is 17.7 Å². The standard InChI is InChI=1S/C34H46BrN3O7/c1-7-9-16-25(40)36(6)22(5)28(23-14-11-10-12-15-23)44-33(43)26-27-31(41)38(18-13-19-39)30(32(42)37(17-8-2)21(3)4)34(27)20-24(35)29(26)45-34/h7-8,10-12,14-15,21-22,24,26-30,39H,1-2,9,13,16-20H2,3-6H3/t22-,24?,26-,27+,28+,29-,30-,34+/m1/s1. The lowest BCUT2D eigenvalue weighted by Gasteiger charge is -2.38. The summed E-state index contributed by atoms with van der Waals surface area (Å²) in [5.41, 5.74) is -0.533. The van der Waals surface area contributed by atoms with Crippen molar-refractivity contribution in [2.75, 3.05) is 26.7 Å². The molecular formula is C34H46BrN3O7. The fourth-order valence-electron chi connectivity index (χ4n) is 7.13. The summed E-state index contributed by atoms with van der Waals surface area (Å²) < 4.78 is 12.9. The maximum absolute atomic E-state index is 14.3. The summed E-state index contributed by atoms with van der Waals surface area (Å²) in [6.45, 7) is 13.4. The number of esters is 1. The Labute approximate surface area is 274 Å². The SMILES string of the molecule is C=CCCC(=O)N(C)[C@H](C)[C@H](OC(=O)[C@H]1[C@@H]2O[C@@]3(CC2Br)[C@@H]1C(=O)N(CCCO)[C@@H]3C(=O)N(CC=C)C(C)C)c1ccccc1.